The number of nitrogens with zero attached hydrogens (tertiary/aromatic N) is 1. The molecule has 0 amide bonds. The lowest BCUT2D eigenvalue weighted by Gasteiger charge is -2.18. The van der Waals surface area contributed by atoms with Gasteiger partial charge in [-0.1, -0.05) is 19.1 Å². The minimum atomic E-state index is 0.694. The first-order valence-corrected chi connectivity index (χ1v) is 7.90. The number of alkyl halides is 1. The summed E-state index contributed by atoms with van der Waals surface area (Å²) >= 11 is 11.2. The third-order valence-corrected chi connectivity index (χ3v) is 5.04. The number of thiophene rings is 1. The Kier molecular flexibility index (Phi) is 4.86. The standard InChI is InChI=1S/C13H15BrClNS/c1-2-16(7-6-15)8-10-9-17-13-11(10)4-3-5-12(13)14/h3-5,9H,2,6-8H2,1H3. The number of benzene rings is 1. The highest BCUT2D eigenvalue weighted by atomic mass is 79.9. The van der Waals surface area contributed by atoms with Gasteiger partial charge in [0.05, 0.1) is 0 Å². The lowest BCUT2D eigenvalue weighted by Crippen LogP contribution is -2.24. The summed E-state index contributed by atoms with van der Waals surface area (Å²) in [6.45, 7) is 5.15. The summed E-state index contributed by atoms with van der Waals surface area (Å²) < 4.78 is 2.52. The molecule has 1 aromatic heterocycles. The van der Waals surface area contributed by atoms with Gasteiger partial charge in [-0.05, 0) is 44.9 Å². The molecule has 0 radical (unpaired) electrons. The first-order valence-electron chi connectivity index (χ1n) is 5.69. The highest BCUT2D eigenvalue weighted by molar-refractivity contribution is 9.10. The van der Waals surface area contributed by atoms with Gasteiger partial charge in [0, 0.05) is 28.1 Å². The van der Waals surface area contributed by atoms with Crippen LogP contribution in [0.15, 0.2) is 28.1 Å². The van der Waals surface area contributed by atoms with Crippen LogP contribution in [0.3, 0.4) is 0 Å². The first-order chi connectivity index (χ1) is 8.26. The molecule has 0 N–H and O–H groups in total. The van der Waals surface area contributed by atoms with E-state index in [0.29, 0.717) is 5.88 Å². The molecule has 0 saturated carbocycles. The lowest BCUT2D eigenvalue weighted by atomic mass is 10.1. The average molecular weight is 333 g/mol. The van der Waals surface area contributed by atoms with Crippen molar-refractivity contribution in [2.45, 2.75) is 13.5 Å². The Morgan fingerprint density at radius 3 is 2.94 bits per heavy atom. The summed E-state index contributed by atoms with van der Waals surface area (Å²) in [7, 11) is 0. The van der Waals surface area contributed by atoms with Crippen molar-refractivity contribution in [2.75, 3.05) is 19.0 Å². The van der Waals surface area contributed by atoms with Gasteiger partial charge in [0.25, 0.3) is 0 Å². The van der Waals surface area contributed by atoms with Gasteiger partial charge in [-0.2, -0.15) is 0 Å². The molecule has 4 heteroatoms. The molecule has 1 nitrogen and oxygen atoms in total. The maximum absolute atomic E-state index is 5.81. The fourth-order valence-electron chi connectivity index (χ4n) is 1.91. The van der Waals surface area contributed by atoms with E-state index < -0.39 is 0 Å². The lowest BCUT2D eigenvalue weighted by molar-refractivity contribution is 0.299. The van der Waals surface area contributed by atoms with Gasteiger partial charge in [0.2, 0.25) is 0 Å². The number of rotatable bonds is 5. The molecule has 2 rings (SSSR count). The Morgan fingerprint density at radius 1 is 1.41 bits per heavy atom. The van der Waals surface area contributed by atoms with E-state index in [2.05, 4.69) is 51.3 Å². The van der Waals surface area contributed by atoms with Crippen molar-refractivity contribution < 1.29 is 0 Å². The molecular weight excluding hydrogens is 318 g/mol. The molecule has 0 bridgehead atoms. The second-order valence-electron chi connectivity index (χ2n) is 3.94. The van der Waals surface area contributed by atoms with Gasteiger partial charge >= 0.3 is 0 Å². The Hall–Kier alpha value is -0.0900. The normalized spacial score (nSPS) is 11.5. The molecule has 0 saturated heterocycles. The van der Waals surface area contributed by atoms with Crippen LogP contribution < -0.4 is 0 Å². The van der Waals surface area contributed by atoms with Gasteiger partial charge in [-0.25, -0.2) is 0 Å². The van der Waals surface area contributed by atoms with Crippen LogP contribution in [0.1, 0.15) is 12.5 Å². The second kappa shape index (κ2) is 6.19. The highest BCUT2D eigenvalue weighted by Crippen LogP contribution is 2.32. The average Bonchev–Trinajstić information content (AvgIpc) is 2.73. The molecule has 1 heterocycles. The van der Waals surface area contributed by atoms with Crippen LogP contribution in [0, 0.1) is 0 Å². The molecule has 1 aromatic carbocycles. The van der Waals surface area contributed by atoms with E-state index in [0.717, 1.165) is 19.6 Å². The first kappa shape index (κ1) is 13.3. The molecule has 0 fully saturated rings. The zero-order valence-corrected chi connectivity index (χ0v) is 12.9. The molecule has 0 spiro atoms. The fourth-order valence-corrected chi connectivity index (χ4v) is 3.76. The summed E-state index contributed by atoms with van der Waals surface area (Å²) in [6.07, 6.45) is 0. The van der Waals surface area contributed by atoms with Crippen LogP contribution in [0.25, 0.3) is 10.1 Å². The van der Waals surface area contributed by atoms with Crippen LogP contribution >= 0.6 is 38.9 Å². The van der Waals surface area contributed by atoms with Gasteiger partial charge in [0.1, 0.15) is 0 Å². The van der Waals surface area contributed by atoms with Crippen molar-refractivity contribution in [3.63, 3.8) is 0 Å². The van der Waals surface area contributed by atoms with Crippen LogP contribution in [0.4, 0.5) is 0 Å². The molecule has 0 unspecified atom stereocenters. The van der Waals surface area contributed by atoms with E-state index in [1.54, 1.807) is 11.3 Å². The fraction of sp³-hybridized carbons (Fsp3) is 0.385. The highest BCUT2D eigenvalue weighted by Gasteiger charge is 2.09. The van der Waals surface area contributed by atoms with Crippen LogP contribution in [0.5, 0.6) is 0 Å². The van der Waals surface area contributed by atoms with Crippen molar-refractivity contribution in [3.8, 4) is 0 Å². The van der Waals surface area contributed by atoms with E-state index in [1.165, 1.54) is 20.1 Å². The largest absolute Gasteiger partial charge is 0.298 e. The van der Waals surface area contributed by atoms with Gasteiger partial charge < -0.3 is 0 Å². The molecule has 2 aromatic rings. The van der Waals surface area contributed by atoms with E-state index in [1.807, 2.05) is 0 Å². The maximum atomic E-state index is 5.81. The quantitative estimate of drug-likeness (QED) is 0.716. The smallest absolute Gasteiger partial charge is 0.0488 e. The van der Waals surface area contributed by atoms with Gasteiger partial charge in [-0.15, -0.1) is 22.9 Å². The van der Waals surface area contributed by atoms with Crippen molar-refractivity contribution in [3.05, 3.63) is 33.6 Å². The monoisotopic (exact) mass is 331 g/mol. The summed E-state index contributed by atoms with van der Waals surface area (Å²) in [5.41, 5.74) is 1.40. The summed E-state index contributed by atoms with van der Waals surface area (Å²) in [6, 6.07) is 6.39. The minimum Gasteiger partial charge on any atom is -0.298 e. The van der Waals surface area contributed by atoms with Crippen LogP contribution in [0.2, 0.25) is 0 Å². The van der Waals surface area contributed by atoms with E-state index in [9.17, 15) is 0 Å². The van der Waals surface area contributed by atoms with Crippen LogP contribution in [-0.2, 0) is 6.54 Å². The van der Waals surface area contributed by atoms with E-state index in [-0.39, 0.29) is 0 Å². The van der Waals surface area contributed by atoms with Crippen molar-refractivity contribution in [1.82, 2.24) is 4.90 Å². The van der Waals surface area contributed by atoms with Crippen molar-refractivity contribution >= 4 is 49.0 Å². The van der Waals surface area contributed by atoms with Gasteiger partial charge in [0.15, 0.2) is 0 Å². The van der Waals surface area contributed by atoms with Crippen molar-refractivity contribution in [2.24, 2.45) is 0 Å². The number of hydrogen-bond donors (Lipinski definition) is 0. The Bertz CT molecular complexity index is 497. The summed E-state index contributed by atoms with van der Waals surface area (Å²) in [5.74, 6) is 0.694. The topological polar surface area (TPSA) is 3.24 Å². The zero-order chi connectivity index (χ0) is 12.3. The molecule has 17 heavy (non-hydrogen) atoms. The third kappa shape index (κ3) is 3.02. The van der Waals surface area contributed by atoms with Crippen molar-refractivity contribution in [1.29, 1.82) is 0 Å². The molecule has 92 valence electrons. The second-order valence-corrected chi connectivity index (χ2v) is 6.05. The zero-order valence-electron chi connectivity index (χ0n) is 9.75. The predicted octanol–water partition coefficient (Wildman–Crippen LogP) is 4.72. The van der Waals surface area contributed by atoms with Gasteiger partial charge in [-0.3, -0.25) is 4.90 Å². The number of halogens is 2. The molecule has 0 aliphatic heterocycles. The Balaban J connectivity index is 2.27. The predicted molar refractivity (Wildman–Crippen MR) is 81.2 cm³/mol. The van der Waals surface area contributed by atoms with E-state index in [4.69, 9.17) is 11.6 Å². The SMILES string of the molecule is CCN(CCCl)Cc1csc2c(Br)cccc12. The molecular formula is C13H15BrClNS. The Labute approximate surface area is 120 Å². The molecule has 0 aliphatic rings. The minimum absolute atomic E-state index is 0.694. The number of hydrogen-bond acceptors (Lipinski definition) is 2. The Morgan fingerprint density at radius 2 is 2.24 bits per heavy atom. The number of fused-ring (bicyclic) bond motifs is 1. The maximum Gasteiger partial charge on any atom is 0.0488 e. The van der Waals surface area contributed by atoms with Crippen LogP contribution in [-0.4, -0.2) is 23.9 Å². The molecule has 0 atom stereocenters. The third-order valence-electron chi connectivity index (χ3n) is 2.87. The molecule has 0 aliphatic carbocycles. The van der Waals surface area contributed by atoms with E-state index >= 15 is 0 Å². The summed E-state index contributed by atoms with van der Waals surface area (Å²) in [4.78, 5) is 2.37. The summed E-state index contributed by atoms with van der Waals surface area (Å²) in [5, 5.41) is 3.61.